The van der Waals surface area contributed by atoms with Crippen molar-refractivity contribution in [1.29, 1.82) is 0 Å². The number of rotatable bonds is 8. The van der Waals surface area contributed by atoms with Crippen LogP contribution in [0.15, 0.2) is 41.6 Å². The van der Waals surface area contributed by atoms with Crippen molar-refractivity contribution < 1.29 is 14.4 Å². The molecule has 0 bridgehead atoms. The first-order valence-corrected chi connectivity index (χ1v) is 10.8. The number of benzene rings is 2. The summed E-state index contributed by atoms with van der Waals surface area (Å²) in [6, 6.07) is 11.3. The number of nitrogens with zero attached hydrogens (tertiary/aromatic N) is 3. The van der Waals surface area contributed by atoms with Crippen molar-refractivity contribution >= 4 is 17.4 Å². The first kappa shape index (κ1) is 23.6. The fourth-order valence-corrected chi connectivity index (χ4v) is 3.74. The monoisotopic (exact) mass is 439 g/mol. The molecule has 8 nitrogen and oxygen atoms in total. The Morgan fingerprint density at radius 2 is 1.94 bits per heavy atom. The molecule has 1 saturated carbocycles. The molecule has 0 saturated heterocycles. The maximum Gasteiger partial charge on any atom is 0.352 e. The number of oxime groups is 1. The zero-order chi connectivity index (χ0) is 23.4. The van der Waals surface area contributed by atoms with E-state index < -0.39 is 6.03 Å². The van der Waals surface area contributed by atoms with Crippen LogP contribution in [0.4, 0.5) is 10.5 Å². The number of urea groups is 1. The van der Waals surface area contributed by atoms with Crippen LogP contribution in [-0.4, -0.2) is 30.9 Å². The summed E-state index contributed by atoms with van der Waals surface area (Å²) in [4.78, 5) is 17.4. The number of hydrogen-bond acceptors (Lipinski definition) is 6. The Morgan fingerprint density at radius 3 is 2.50 bits per heavy atom. The highest BCUT2D eigenvalue weighted by Gasteiger charge is 2.29. The van der Waals surface area contributed by atoms with Gasteiger partial charge in [-0.2, -0.15) is 0 Å². The first-order chi connectivity index (χ1) is 15.2. The van der Waals surface area contributed by atoms with E-state index in [0.717, 1.165) is 56.6 Å². The maximum atomic E-state index is 12.4. The zero-order valence-corrected chi connectivity index (χ0v) is 19.5. The minimum atomic E-state index is -0.502. The van der Waals surface area contributed by atoms with Gasteiger partial charge in [-0.3, -0.25) is 5.01 Å². The van der Waals surface area contributed by atoms with Crippen molar-refractivity contribution in [3.63, 3.8) is 0 Å². The minimum absolute atomic E-state index is 0.225. The van der Waals surface area contributed by atoms with Crippen molar-refractivity contribution in [2.24, 2.45) is 22.8 Å². The summed E-state index contributed by atoms with van der Waals surface area (Å²) >= 11 is 0. The number of aryl methyl sites for hydroxylation is 1. The minimum Gasteiger partial charge on any atom is -0.489 e. The van der Waals surface area contributed by atoms with Gasteiger partial charge in [0.15, 0.2) is 0 Å². The lowest BCUT2D eigenvalue weighted by atomic mass is 9.98. The summed E-state index contributed by atoms with van der Waals surface area (Å²) in [6.45, 7) is 6.44. The third-order valence-corrected chi connectivity index (χ3v) is 5.55. The Labute approximate surface area is 189 Å². The predicted molar refractivity (Wildman–Crippen MR) is 126 cm³/mol. The fraction of sp³-hybridized carbons (Fsp3) is 0.417. The molecule has 8 heteroatoms. The van der Waals surface area contributed by atoms with Gasteiger partial charge in [0.05, 0.1) is 11.4 Å². The van der Waals surface area contributed by atoms with E-state index in [1.54, 1.807) is 7.11 Å². The van der Waals surface area contributed by atoms with Gasteiger partial charge in [0.25, 0.3) is 0 Å². The molecule has 0 atom stereocenters. The van der Waals surface area contributed by atoms with Gasteiger partial charge < -0.3 is 9.57 Å². The molecule has 0 unspecified atom stereocenters. The summed E-state index contributed by atoms with van der Waals surface area (Å²) in [5.41, 5.74) is 5.52. The van der Waals surface area contributed by atoms with Gasteiger partial charge in [-0.15, -0.1) is 0 Å². The molecule has 0 radical (unpaired) electrons. The largest absolute Gasteiger partial charge is 0.489 e. The van der Waals surface area contributed by atoms with Crippen molar-refractivity contribution in [1.82, 2.24) is 5.01 Å². The highest BCUT2D eigenvalue weighted by Crippen LogP contribution is 2.44. The molecule has 1 aliphatic rings. The molecule has 0 heterocycles. The van der Waals surface area contributed by atoms with Gasteiger partial charge in [0.2, 0.25) is 0 Å². The van der Waals surface area contributed by atoms with Crippen molar-refractivity contribution in [3.05, 3.63) is 58.7 Å². The van der Waals surface area contributed by atoms with Crippen LogP contribution >= 0.6 is 0 Å². The van der Waals surface area contributed by atoms with Gasteiger partial charge in [-0.1, -0.05) is 31.1 Å². The summed E-state index contributed by atoms with van der Waals surface area (Å²) < 4.78 is 6.22. The number of amides is 2. The van der Waals surface area contributed by atoms with E-state index in [0.29, 0.717) is 18.2 Å². The fourth-order valence-electron chi connectivity index (χ4n) is 3.74. The molecule has 32 heavy (non-hydrogen) atoms. The van der Waals surface area contributed by atoms with Crippen molar-refractivity contribution in [2.75, 3.05) is 19.2 Å². The number of carbonyl (C=O) groups excluding carboxylic acids is 1. The summed E-state index contributed by atoms with van der Waals surface area (Å²) in [5, 5.41) is 6.21. The lowest BCUT2D eigenvalue weighted by molar-refractivity contribution is 0.212. The van der Waals surface area contributed by atoms with Crippen LogP contribution in [-0.2, 0) is 11.4 Å². The van der Waals surface area contributed by atoms with E-state index in [1.807, 2.05) is 37.3 Å². The molecule has 2 amide bonds. The second-order valence-electron chi connectivity index (χ2n) is 8.47. The van der Waals surface area contributed by atoms with E-state index >= 15 is 0 Å². The molecule has 3 rings (SSSR count). The van der Waals surface area contributed by atoms with Gasteiger partial charge >= 0.3 is 6.03 Å². The number of hydrazine groups is 2. The van der Waals surface area contributed by atoms with Crippen LogP contribution in [0.2, 0.25) is 0 Å². The van der Waals surface area contributed by atoms with E-state index in [1.165, 1.54) is 7.05 Å². The average Bonchev–Trinajstić information content (AvgIpc) is 3.60. The van der Waals surface area contributed by atoms with E-state index in [2.05, 4.69) is 25.1 Å². The van der Waals surface area contributed by atoms with Gasteiger partial charge in [0, 0.05) is 18.2 Å². The van der Waals surface area contributed by atoms with Crippen LogP contribution in [0.5, 0.6) is 5.75 Å². The Hall–Kier alpha value is -3.10. The lowest BCUT2D eigenvalue weighted by Gasteiger charge is -2.25. The quantitative estimate of drug-likeness (QED) is 0.279. The van der Waals surface area contributed by atoms with Crippen LogP contribution in [0.3, 0.4) is 0 Å². The number of carbonyl (C=O) groups is 1. The van der Waals surface area contributed by atoms with Crippen LogP contribution in [0.25, 0.3) is 0 Å². The van der Waals surface area contributed by atoms with Gasteiger partial charge in [-0.05, 0) is 67.0 Å². The molecule has 4 N–H and O–H groups in total. The molecular formula is C24H33N5O3. The summed E-state index contributed by atoms with van der Waals surface area (Å²) in [5.74, 6) is 13.2. The standard InChI is InChI=1S/C24H33N5O3/c1-15(2)23(27-31-5)18-11-12-22(16(3)13-18)32-14-20-19(17-9-10-17)7-6-8-21(20)29(26)24(30)28(4)25/h6-8,11-13,15,17H,9-10,14,25-26H2,1-5H3. The SMILES string of the molecule is CON=C(c1ccc(OCc2c(C3CC3)cccc2N(N)C(=O)N(C)N)c(C)c1)C(C)C. The number of hydrogen-bond donors (Lipinski definition) is 2. The highest BCUT2D eigenvalue weighted by atomic mass is 16.6. The molecule has 0 spiro atoms. The highest BCUT2D eigenvalue weighted by molar-refractivity contribution is 6.01. The van der Waals surface area contributed by atoms with Crippen LogP contribution in [0.1, 0.15) is 54.9 Å². The van der Waals surface area contributed by atoms with Gasteiger partial charge in [0.1, 0.15) is 19.5 Å². The maximum absolute atomic E-state index is 12.4. The topological polar surface area (TPSA) is 106 Å². The van der Waals surface area contributed by atoms with Crippen LogP contribution in [0, 0.1) is 12.8 Å². The molecule has 0 aliphatic heterocycles. The Bertz CT molecular complexity index is 999. The average molecular weight is 440 g/mol. The summed E-state index contributed by atoms with van der Waals surface area (Å²) in [6.07, 6.45) is 2.24. The van der Waals surface area contributed by atoms with Crippen molar-refractivity contribution in [2.45, 2.75) is 46.1 Å². The Kier molecular flexibility index (Phi) is 7.37. The van der Waals surface area contributed by atoms with E-state index in [-0.39, 0.29) is 5.92 Å². The van der Waals surface area contributed by atoms with Crippen LogP contribution < -0.4 is 21.4 Å². The molecule has 1 aliphatic carbocycles. The molecule has 0 aromatic heterocycles. The Balaban J connectivity index is 1.88. The second kappa shape index (κ2) is 10.0. The molecular weight excluding hydrogens is 406 g/mol. The first-order valence-electron chi connectivity index (χ1n) is 10.8. The molecule has 2 aromatic carbocycles. The zero-order valence-electron chi connectivity index (χ0n) is 19.5. The Morgan fingerprint density at radius 1 is 1.22 bits per heavy atom. The second-order valence-corrected chi connectivity index (χ2v) is 8.47. The normalized spacial score (nSPS) is 13.8. The van der Waals surface area contributed by atoms with Crippen molar-refractivity contribution in [3.8, 4) is 5.75 Å². The lowest BCUT2D eigenvalue weighted by Crippen LogP contribution is -2.49. The third kappa shape index (κ3) is 5.20. The van der Waals surface area contributed by atoms with E-state index in [4.69, 9.17) is 21.3 Å². The van der Waals surface area contributed by atoms with E-state index in [9.17, 15) is 4.79 Å². The predicted octanol–water partition coefficient (Wildman–Crippen LogP) is 4.06. The number of nitrogens with two attached hydrogens (primary N) is 2. The smallest absolute Gasteiger partial charge is 0.352 e. The molecule has 172 valence electrons. The molecule has 1 fully saturated rings. The number of ether oxygens (including phenoxy) is 1. The van der Waals surface area contributed by atoms with Gasteiger partial charge in [-0.25, -0.2) is 21.5 Å². The molecule has 2 aromatic rings. The third-order valence-electron chi connectivity index (χ3n) is 5.55. The number of anilines is 1. The summed E-state index contributed by atoms with van der Waals surface area (Å²) in [7, 11) is 3.02.